The number of benzene rings is 2. The van der Waals surface area contributed by atoms with E-state index in [1.807, 2.05) is 37.3 Å². The van der Waals surface area contributed by atoms with Crippen LogP contribution in [0.5, 0.6) is 5.75 Å². The summed E-state index contributed by atoms with van der Waals surface area (Å²) in [5, 5.41) is 2.96. The summed E-state index contributed by atoms with van der Waals surface area (Å²) in [6, 6.07) is 16.1. The summed E-state index contributed by atoms with van der Waals surface area (Å²) in [5.74, 6) is 2.18. The van der Waals surface area contributed by atoms with E-state index in [-0.39, 0.29) is 6.04 Å². The van der Waals surface area contributed by atoms with E-state index >= 15 is 0 Å². The first-order valence-electron chi connectivity index (χ1n) is 9.63. The standard InChI is InChI=1S/C23H29NO2/c1-15(2)20-11-8-12-21(16(3)18-13-14-18)22(20)26-23(25)24-17(4)19-9-6-5-7-10-19/h5-12,15-18H,13-14H2,1-4H3,(H,24,25)/t16-,17-/m1/s1. The van der Waals surface area contributed by atoms with Crippen LogP contribution in [0.15, 0.2) is 48.5 Å². The van der Waals surface area contributed by atoms with Crippen molar-refractivity contribution in [2.45, 2.75) is 58.4 Å². The molecule has 1 fully saturated rings. The van der Waals surface area contributed by atoms with Crippen LogP contribution in [0.1, 0.15) is 75.1 Å². The highest BCUT2D eigenvalue weighted by atomic mass is 16.6. The molecule has 1 N–H and O–H groups in total. The Morgan fingerprint density at radius 1 is 0.962 bits per heavy atom. The summed E-state index contributed by atoms with van der Waals surface area (Å²) in [7, 11) is 0. The zero-order chi connectivity index (χ0) is 18.7. The lowest BCUT2D eigenvalue weighted by atomic mass is 9.90. The van der Waals surface area contributed by atoms with Gasteiger partial charge in [-0.3, -0.25) is 0 Å². The minimum absolute atomic E-state index is 0.0979. The molecule has 0 unspecified atom stereocenters. The summed E-state index contributed by atoms with van der Waals surface area (Å²) in [6.07, 6.45) is 2.15. The van der Waals surface area contributed by atoms with Gasteiger partial charge in [0.15, 0.2) is 0 Å². The number of nitrogens with one attached hydrogen (secondary N) is 1. The minimum atomic E-state index is -0.390. The van der Waals surface area contributed by atoms with Crippen LogP contribution in [0.2, 0.25) is 0 Å². The predicted molar refractivity (Wildman–Crippen MR) is 106 cm³/mol. The quantitative estimate of drug-likeness (QED) is 0.675. The van der Waals surface area contributed by atoms with Gasteiger partial charge in [-0.25, -0.2) is 4.79 Å². The van der Waals surface area contributed by atoms with E-state index in [0.29, 0.717) is 17.8 Å². The van der Waals surface area contributed by atoms with E-state index in [1.54, 1.807) is 0 Å². The van der Waals surface area contributed by atoms with Crippen molar-refractivity contribution in [1.82, 2.24) is 5.32 Å². The Morgan fingerprint density at radius 3 is 2.23 bits per heavy atom. The average molecular weight is 351 g/mol. The fraction of sp³-hybridized carbons (Fsp3) is 0.435. The van der Waals surface area contributed by atoms with Crippen LogP contribution in [0, 0.1) is 5.92 Å². The van der Waals surface area contributed by atoms with Crippen LogP contribution in [-0.4, -0.2) is 6.09 Å². The molecular formula is C23H29NO2. The third-order valence-electron chi connectivity index (χ3n) is 5.35. The van der Waals surface area contributed by atoms with Gasteiger partial charge < -0.3 is 10.1 Å². The molecule has 0 spiro atoms. The summed E-state index contributed by atoms with van der Waals surface area (Å²) in [4.78, 5) is 12.6. The molecule has 0 saturated heterocycles. The molecule has 3 heteroatoms. The first kappa shape index (κ1) is 18.5. The fourth-order valence-electron chi connectivity index (χ4n) is 3.48. The number of carbonyl (C=O) groups excluding carboxylic acids is 1. The molecule has 0 radical (unpaired) electrons. The van der Waals surface area contributed by atoms with Crippen LogP contribution in [0.3, 0.4) is 0 Å². The van der Waals surface area contributed by atoms with Crippen LogP contribution >= 0.6 is 0 Å². The molecule has 0 aromatic heterocycles. The lowest BCUT2D eigenvalue weighted by Crippen LogP contribution is -2.30. The van der Waals surface area contributed by atoms with E-state index in [2.05, 4.69) is 44.3 Å². The van der Waals surface area contributed by atoms with E-state index in [0.717, 1.165) is 22.4 Å². The second-order valence-electron chi connectivity index (χ2n) is 7.71. The van der Waals surface area contributed by atoms with Crippen molar-refractivity contribution in [3.8, 4) is 5.75 Å². The van der Waals surface area contributed by atoms with E-state index in [4.69, 9.17) is 4.74 Å². The third kappa shape index (κ3) is 4.27. The molecule has 1 aliphatic carbocycles. The Balaban J connectivity index is 1.80. The number of rotatable bonds is 6. The number of carbonyl (C=O) groups is 1. The zero-order valence-corrected chi connectivity index (χ0v) is 16.2. The lowest BCUT2D eigenvalue weighted by Gasteiger charge is -2.22. The van der Waals surface area contributed by atoms with Gasteiger partial charge in [0, 0.05) is 0 Å². The number of para-hydroxylation sites is 1. The van der Waals surface area contributed by atoms with Gasteiger partial charge in [0.25, 0.3) is 0 Å². The summed E-state index contributed by atoms with van der Waals surface area (Å²) in [6.45, 7) is 8.49. The SMILES string of the molecule is CC(C)c1cccc([C@H](C)C2CC2)c1OC(=O)N[C@H](C)c1ccccc1. The Hall–Kier alpha value is -2.29. The van der Waals surface area contributed by atoms with Gasteiger partial charge >= 0.3 is 6.09 Å². The van der Waals surface area contributed by atoms with Crippen molar-refractivity contribution in [2.24, 2.45) is 5.92 Å². The Kier molecular flexibility index (Phi) is 5.65. The second kappa shape index (κ2) is 7.94. The molecule has 3 nitrogen and oxygen atoms in total. The van der Waals surface area contributed by atoms with Crippen LogP contribution < -0.4 is 10.1 Å². The summed E-state index contributed by atoms with van der Waals surface area (Å²) < 4.78 is 5.88. The van der Waals surface area contributed by atoms with E-state index in [9.17, 15) is 4.79 Å². The van der Waals surface area contributed by atoms with Gasteiger partial charge in [-0.15, -0.1) is 0 Å². The highest BCUT2D eigenvalue weighted by Gasteiger charge is 2.32. The third-order valence-corrected chi connectivity index (χ3v) is 5.35. The maximum Gasteiger partial charge on any atom is 0.413 e. The molecule has 1 saturated carbocycles. The molecule has 0 heterocycles. The molecule has 26 heavy (non-hydrogen) atoms. The first-order chi connectivity index (χ1) is 12.5. The maximum absolute atomic E-state index is 12.6. The maximum atomic E-state index is 12.6. The van der Waals surface area contributed by atoms with Gasteiger partial charge in [0.2, 0.25) is 0 Å². The van der Waals surface area contributed by atoms with E-state index in [1.165, 1.54) is 12.8 Å². The van der Waals surface area contributed by atoms with Crippen molar-refractivity contribution in [2.75, 3.05) is 0 Å². The number of hydrogen-bond donors (Lipinski definition) is 1. The highest BCUT2D eigenvalue weighted by Crippen LogP contribution is 2.46. The number of ether oxygens (including phenoxy) is 1. The summed E-state index contributed by atoms with van der Waals surface area (Å²) in [5.41, 5.74) is 3.31. The monoisotopic (exact) mass is 351 g/mol. The topological polar surface area (TPSA) is 38.3 Å². The smallest absolute Gasteiger partial charge is 0.410 e. The fourth-order valence-corrected chi connectivity index (χ4v) is 3.48. The molecule has 2 aromatic rings. The normalized spacial score (nSPS) is 16.2. The Bertz CT molecular complexity index is 750. The molecule has 0 aliphatic heterocycles. The van der Waals surface area contributed by atoms with Crippen molar-refractivity contribution < 1.29 is 9.53 Å². The molecule has 138 valence electrons. The van der Waals surface area contributed by atoms with Crippen molar-refractivity contribution in [3.05, 3.63) is 65.2 Å². The first-order valence-corrected chi connectivity index (χ1v) is 9.63. The van der Waals surface area contributed by atoms with Crippen molar-refractivity contribution >= 4 is 6.09 Å². The highest BCUT2D eigenvalue weighted by molar-refractivity contribution is 5.72. The molecule has 2 atom stereocenters. The van der Waals surface area contributed by atoms with Crippen LogP contribution in [0.25, 0.3) is 0 Å². The average Bonchev–Trinajstić information content (AvgIpc) is 3.47. The molecular weight excluding hydrogens is 322 g/mol. The second-order valence-corrected chi connectivity index (χ2v) is 7.71. The minimum Gasteiger partial charge on any atom is -0.410 e. The largest absolute Gasteiger partial charge is 0.413 e. The lowest BCUT2D eigenvalue weighted by molar-refractivity contribution is 0.195. The zero-order valence-electron chi connectivity index (χ0n) is 16.2. The van der Waals surface area contributed by atoms with Gasteiger partial charge in [-0.05, 0) is 54.2 Å². The predicted octanol–water partition coefficient (Wildman–Crippen LogP) is 6.17. The number of hydrogen-bond acceptors (Lipinski definition) is 2. The van der Waals surface area contributed by atoms with Crippen LogP contribution in [-0.2, 0) is 0 Å². The summed E-state index contributed by atoms with van der Waals surface area (Å²) >= 11 is 0. The Morgan fingerprint density at radius 2 is 1.62 bits per heavy atom. The van der Waals surface area contributed by atoms with Crippen LogP contribution in [0.4, 0.5) is 4.79 Å². The van der Waals surface area contributed by atoms with Crippen molar-refractivity contribution in [3.63, 3.8) is 0 Å². The van der Waals surface area contributed by atoms with Crippen molar-refractivity contribution in [1.29, 1.82) is 0 Å². The van der Waals surface area contributed by atoms with Gasteiger partial charge in [-0.2, -0.15) is 0 Å². The molecule has 1 amide bonds. The molecule has 2 aromatic carbocycles. The van der Waals surface area contributed by atoms with E-state index < -0.39 is 6.09 Å². The Labute approximate surface area is 156 Å². The molecule has 1 aliphatic rings. The van der Waals surface area contributed by atoms with Gasteiger partial charge in [0.05, 0.1) is 6.04 Å². The van der Waals surface area contributed by atoms with Gasteiger partial charge in [-0.1, -0.05) is 69.3 Å². The van der Waals surface area contributed by atoms with Gasteiger partial charge in [0.1, 0.15) is 5.75 Å². The molecule has 3 rings (SSSR count). The number of amides is 1. The molecule has 0 bridgehead atoms.